The molecule has 0 radical (unpaired) electrons. The van der Waals surface area contributed by atoms with E-state index >= 15 is 0 Å². The third-order valence-electron chi connectivity index (χ3n) is 3.95. The second-order valence-electron chi connectivity index (χ2n) is 5.15. The van der Waals surface area contributed by atoms with Gasteiger partial charge in [-0.1, -0.05) is 6.07 Å². The predicted octanol–water partition coefficient (Wildman–Crippen LogP) is 3.07. The van der Waals surface area contributed by atoms with Crippen molar-refractivity contribution in [1.82, 2.24) is 9.55 Å². The lowest BCUT2D eigenvalue weighted by molar-refractivity contribution is -0.118. The molecule has 1 aromatic heterocycles. The Morgan fingerprint density at radius 2 is 2.00 bits per heavy atom. The number of amides is 1. The van der Waals surface area contributed by atoms with E-state index in [9.17, 15) is 4.79 Å². The maximum absolute atomic E-state index is 11.7. The van der Waals surface area contributed by atoms with Crippen LogP contribution in [0.3, 0.4) is 0 Å². The number of benzene rings is 1. The van der Waals surface area contributed by atoms with Gasteiger partial charge in [0.2, 0.25) is 5.91 Å². The second-order valence-corrected chi connectivity index (χ2v) is 5.90. The summed E-state index contributed by atoms with van der Waals surface area (Å²) < 4.78 is 3.00. The molecule has 1 aliphatic heterocycles. The molecule has 1 aliphatic rings. The number of carbonyl (C=O) groups excluding carboxylic acids is 1. The zero-order valence-electron chi connectivity index (χ0n) is 11.8. The molecular formula is C15H16BrN3O. The predicted molar refractivity (Wildman–Crippen MR) is 82.8 cm³/mol. The van der Waals surface area contributed by atoms with Crippen LogP contribution in [0.4, 0.5) is 5.69 Å². The number of halogens is 1. The molecule has 2 heterocycles. The SMILES string of the molecule is Cc1nc(-c2ccc3c(c2)CCC(=O)N3C)c(Br)n1C. The molecule has 2 aromatic rings. The van der Waals surface area contributed by atoms with Crippen LogP contribution in [0.25, 0.3) is 11.3 Å². The fourth-order valence-electron chi connectivity index (χ4n) is 2.57. The maximum Gasteiger partial charge on any atom is 0.227 e. The van der Waals surface area contributed by atoms with Gasteiger partial charge in [0.1, 0.15) is 16.1 Å². The number of fused-ring (bicyclic) bond motifs is 1. The van der Waals surface area contributed by atoms with Crippen molar-refractivity contribution in [2.45, 2.75) is 19.8 Å². The zero-order chi connectivity index (χ0) is 14.4. The Labute approximate surface area is 126 Å². The van der Waals surface area contributed by atoms with Crippen LogP contribution < -0.4 is 4.90 Å². The van der Waals surface area contributed by atoms with Crippen molar-refractivity contribution in [2.75, 3.05) is 11.9 Å². The van der Waals surface area contributed by atoms with Crippen molar-refractivity contribution in [3.63, 3.8) is 0 Å². The molecular weight excluding hydrogens is 318 g/mol. The smallest absolute Gasteiger partial charge is 0.227 e. The minimum absolute atomic E-state index is 0.181. The molecule has 104 valence electrons. The van der Waals surface area contributed by atoms with Crippen LogP contribution in [0.2, 0.25) is 0 Å². The number of anilines is 1. The fraction of sp³-hybridized carbons (Fsp3) is 0.333. The molecule has 0 unspecified atom stereocenters. The van der Waals surface area contributed by atoms with Gasteiger partial charge < -0.3 is 9.47 Å². The Hall–Kier alpha value is -1.62. The van der Waals surface area contributed by atoms with Gasteiger partial charge in [-0.2, -0.15) is 0 Å². The van der Waals surface area contributed by atoms with Crippen LogP contribution in [0, 0.1) is 6.92 Å². The van der Waals surface area contributed by atoms with Gasteiger partial charge in [0, 0.05) is 31.8 Å². The minimum Gasteiger partial charge on any atom is -0.326 e. The van der Waals surface area contributed by atoms with E-state index in [0.717, 1.165) is 33.8 Å². The van der Waals surface area contributed by atoms with Crippen LogP contribution in [-0.2, 0) is 18.3 Å². The molecule has 20 heavy (non-hydrogen) atoms. The molecule has 4 nitrogen and oxygen atoms in total. The van der Waals surface area contributed by atoms with E-state index in [1.807, 2.05) is 37.7 Å². The molecule has 0 N–H and O–H groups in total. The summed E-state index contributed by atoms with van der Waals surface area (Å²) in [4.78, 5) is 18.1. The number of imidazole rings is 1. The molecule has 0 aliphatic carbocycles. The summed E-state index contributed by atoms with van der Waals surface area (Å²) in [5.74, 6) is 1.15. The molecule has 0 bridgehead atoms. The van der Waals surface area contributed by atoms with Crippen LogP contribution in [0.5, 0.6) is 0 Å². The Morgan fingerprint density at radius 1 is 1.25 bits per heavy atom. The van der Waals surface area contributed by atoms with Gasteiger partial charge in [0.15, 0.2) is 0 Å². The third kappa shape index (κ3) is 1.97. The number of carbonyl (C=O) groups is 1. The average molecular weight is 334 g/mol. The van der Waals surface area contributed by atoms with Crippen molar-refractivity contribution in [3.05, 3.63) is 34.2 Å². The lowest BCUT2D eigenvalue weighted by atomic mass is 9.98. The molecule has 0 saturated carbocycles. The largest absolute Gasteiger partial charge is 0.326 e. The summed E-state index contributed by atoms with van der Waals surface area (Å²) in [5, 5.41) is 0. The Balaban J connectivity index is 2.09. The minimum atomic E-state index is 0.181. The summed E-state index contributed by atoms with van der Waals surface area (Å²) in [5.41, 5.74) is 4.25. The molecule has 5 heteroatoms. The highest BCUT2D eigenvalue weighted by atomic mass is 79.9. The first-order valence-corrected chi connectivity index (χ1v) is 7.37. The Bertz CT molecular complexity index is 705. The van der Waals surface area contributed by atoms with E-state index in [0.29, 0.717) is 6.42 Å². The Kier molecular flexibility index (Phi) is 3.17. The second kappa shape index (κ2) is 4.74. The molecule has 1 amide bonds. The van der Waals surface area contributed by atoms with Gasteiger partial charge in [-0.15, -0.1) is 0 Å². The number of hydrogen-bond acceptors (Lipinski definition) is 2. The zero-order valence-corrected chi connectivity index (χ0v) is 13.4. The van der Waals surface area contributed by atoms with Gasteiger partial charge in [-0.05, 0) is 47.0 Å². The fourth-order valence-corrected chi connectivity index (χ4v) is 3.15. The van der Waals surface area contributed by atoms with E-state index in [2.05, 4.69) is 27.0 Å². The van der Waals surface area contributed by atoms with Crippen LogP contribution in [-0.4, -0.2) is 22.5 Å². The molecule has 0 atom stereocenters. The number of hydrogen-bond donors (Lipinski definition) is 0. The van der Waals surface area contributed by atoms with Crippen LogP contribution in [0.15, 0.2) is 22.8 Å². The van der Waals surface area contributed by atoms with Crippen molar-refractivity contribution in [2.24, 2.45) is 7.05 Å². The van der Waals surface area contributed by atoms with E-state index in [1.54, 1.807) is 4.90 Å². The molecule has 0 spiro atoms. The average Bonchev–Trinajstić information content (AvgIpc) is 2.70. The van der Waals surface area contributed by atoms with Gasteiger partial charge in [0.05, 0.1) is 0 Å². The number of aryl methyl sites for hydroxylation is 2. The van der Waals surface area contributed by atoms with Crippen molar-refractivity contribution in [1.29, 1.82) is 0 Å². The summed E-state index contributed by atoms with van der Waals surface area (Å²) in [7, 11) is 3.82. The monoisotopic (exact) mass is 333 g/mol. The summed E-state index contributed by atoms with van der Waals surface area (Å²) in [6.07, 6.45) is 1.38. The van der Waals surface area contributed by atoms with Crippen LogP contribution in [0.1, 0.15) is 17.8 Å². The highest BCUT2D eigenvalue weighted by Crippen LogP contribution is 2.33. The van der Waals surface area contributed by atoms with Gasteiger partial charge in [-0.25, -0.2) is 4.98 Å². The lowest BCUT2D eigenvalue weighted by Crippen LogP contribution is -2.30. The van der Waals surface area contributed by atoms with E-state index in [-0.39, 0.29) is 5.91 Å². The summed E-state index contributed by atoms with van der Waals surface area (Å²) >= 11 is 3.59. The number of aromatic nitrogens is 2. The van der Waals surface area contributed by atoms with Gasteiger partial charge >= 0.3 is 0 Å². The van der Waals surface area contributed by atoms with Gasteiger partial charge in [0.25, 0.3) is 0 Å². The van der Waals surface area contributed by atoms with Crippen molar-refractivity contribution in [3.8, 4) is 11.3 Å². The first-order valence-electron chi connectivity index (χ1n) is 6.57. The normalized spacial score (nSPS) is 14.6. The molecule has 0 fully saturated rings. The van der Waals surface area contributed by atoms with Crippen molar-refractivity contribution < 1.29 is 4.79 Å². The van der Waals surface area contributed by atoms with Gasteiger partial charge in [-0.3, -0.25) is 4.79 Å². The quantitative estimate of drug-likeness (QED) is 0.804. The highest BCUT2D eigenvalue weighted by molar-refractivity contribution is 9.10. The highest BCUT2D eigenvalue weighted by Gasteiger charge is 2.22. The van der Waals surface area contributed by atoms with E-state index in [1.165, 1.54) is 5.56 Å². The number of nitrogens with zero attached hydrogens (tertiary/aromatic N) is 3. The van der Waals surface area contributed by atoms with Crippen LogP contribution >= 0.6 is 15.9 Å². The molecule has 1 aromatic carbocycles. The van der Waals surface area contributed by atoms with E-state index < -0.39 is 0 Å². The first-order chi connectivity index (χ1) is 9.49. The third-order valence-corrected chi connectivity index (χ3v) is 4.85. The van der Waals surface area contributed by atoms with E-state index in [4.69, 9.17) is 0 Å². The topological polar surface area (TPSA) is 38.1 Å². The Morgan fingerprint density at radius 3 is 2.65 bits per heavy atom. The lowest BCUT2D eigenvalue weighted by Gasteiger charge is -2.26. The standard InChI is InChI=1S/C15H16BrN3O/c1-9-17-14(15(16)18(9)2)11-4-6-12-10(8-11)5-7-13(20)19(12)3/h4,6,8H,5,7H2,1-3H3. The maximum atomic E-state index is 11.7. The summed E-state index contributed by atoms with van der Waals surface area (Å²) in [6, 6.07) is 6.18. The molecule has 0 saturated heterocycles. The molecule has 3 rings (SSSR count). The van der Waals surface area contributed by atoms with Crippen molar-refractivity contribution >= 4 is 27.5 Å². The first kappa shape index (κ1) is 13.4. The summed E-state index contributed by atoms with van der Waals surface area (Å²) in [6.45, 7) is 1.99. The number of rotatable bonds is 1.